The zero-order valence-electron chi connectivity index (χ0n) is 17.0. The van der Waals surface area contributed by atoms with Crippen molar-refractivity contribution in [3.63, 3.8) is 0 Å². The van der Waals surface area contributed by atoms with Crippen LogP contribution in [0.3, 0.4) is 0 Å². The topological polar surface area (TPSA) is 140 Å². The molecular weight excluding hydrogens is 372 g/mol. The number of amides is 1. The number of aromatic amines is 1. The molecule has 1 amide bonds. The number of carbonyl (C=O) groups is 1. The Morgan fingerprint density at radius 3 is 2.97 bits per heavy atom. The van der Waals surface area contributed by atoms with Crippen LogP contribution in [0.15, 0.2) is 16.7 Å². The van der Waals surface area contributed by atoms with Crippen molar-refractivity contribution in [2.24, 2.45) is 5.41 Å². The second kappa shape index (κ2) is 8.66. The zero-order chi connectivity index (χ0) is 21.0. The van der Waals surface area contributed by atoms with E-state index in [0.29, 0.717) is 24.4 Å². The molecule has 156 valence electrons. The fraction of sp³-hybridized carbons (Fsp3) is 0.600. The summed E-state index contributed by atoms with van der Waals surface area (Å²) in [4.78, 5) is 12.2. The lowest BCUT2D eigenvalue weighted by Crippen LogP contribution is -2.34. The van der Waals surface area contributed by atoms with Crippen molar-refractivity contribution in [2.75, 3.05) is 5.32 Å². The number of aliphatic hydroxyl groups is 1. The highest BCUT2D eigenvalue weighted by Crippen LogP contribution is 2.48. The van der Waals surface area contributed by atoms with E-state index in [4.69, 9.17) is 4.52 Å². The lowest BCUT2D eigenvalue weighted by Gasteiger charge is -2.21. The summed E-state index contributed by atoms with van der Waals surface area (Å²) >= 11 is 0. The first-order chi connectivity index (χ1) is 13.8. The Hall–Kier alpha value is -2.86. The van der Waals surface area contributed by atoms with Gasteiger partial charge in [0, 0.05) is 36.2 Å². The first-order valence-electron chi connectivity index (χ1n) is 9.91. The summed E-state index contributed by atoms with van der Waals surface area (Å²) in [7, 11) is 0. The SMILES string of the molecule is Cc1cc(CC(O)Nc2cc([C@@H]3CC[C@](C#N)(CC(=O)NC(C)C)C3)[nH]n2)on1. The second-order valence-corrected chi connectivity index (χ2v) is 8.24. The Kier molecular flexibility index (Phi) is 6.23. The number of carbonyl (C=O) groups excluding carboxylic acids is 1. The predicted octanol–water partition coefficient (Wildman–Crippen LogP) is 2.37. The molecule has 1 fully saturated rings. The van der Waals surface area contributed by atoms with Crippen LogP contribution in [-0.2, 0) is 11.2 Å². The highest BCUT2D eigenvalue weighted by atomic mass is 16.5. The van der Waals surface area contributed by atoms with E-state index in [0.717, 1.165) is 17.8 Å². The zero-order valence-corrected chi connectivity index (χ0v) is 17.0. The van der Waals surface area contributed by atoms with Crippen molar-refractivity contribution in [2.45, 2.75) is 71.1 Å². The van der Waals surface area contributed by atoms with Gasteiger partial charge >= 0.3 is 0 Å². The summed E-state index contributed by atoms with van der Waals surface area (Å²) < 4.78 is 5.11. The third-order valence-corrected chi connectivity index (χ3v) is 5.22. The van der Waals surface area contributed by atoms with E-state index < -0.39 is 11.6 Å². The van der Waals surface area contributed by atoms with Crippen molar-refractivity contribution in [1.29, 1.82) is 5.26 Å². The Morgan fingerprint density at radius 1 is 1.52 bits per heavy atom. The van der Waals surface area contributed by atoms with Gasteiger partial charge in [-0.15, -0.1) is 0 Å². The molecule has 1 aliphatic rings. The standard InChI is InChI=1S/C20H28N6O3/c1-12(2)22-19(28)10-20(11-21)5-4-14(9-20)16-8-17(25-24-16)23-18(27)7-15-6-13(3)26-29-15/h6,8,12,14,18,27H,4-5,7,9-10H2,1-3H3,(H,22,28)(H2,23,24,25)/t14-,18?,20-/m1/s1. The van der Waals surface area contributed by atoms with E-state index in [2.05, 4.69) is 32.1 Å². The number of nitrogens with one attached hydrogen (secondary N) is 3. The van der Waals surface area contributed by atoms with Crippen LogP contribution in [0.2, 0.25) is 0 Å². The summed E-state index contributed by atoms with van der Waals surface area (Å²) in [6.45, 7) is 5.64. The number of nitrogens with zero attached hydrogens (tertiary/aromatic N) is 3. The first kappa shape index (κ1) is 20.9. The van der Waals surface area contributed by atoms with E-state index in [9.17, 15) is 15.2 Å². The van der Waals surface area contributed by atoms with Gasteiger partial charge in [-0.1, -0.05) is 5.16 Å². The minimum absolute atomic E-state index is 0.0592. The van der Waals surface area contributed by atoms with Crippen molar-refractivity contribution in [3.8, 4) is 6.07 Å². The minimum atomic E-state index is -0.861. The number of H-pyrrole nitrogens is 1. The molecule has 2 heterocycles. The molecule has 29 heavy (non-hydrogen) atoms. The highest BCUT2D eigenvalue weighted by molar-refractivity contribution is 5.77. The molecule has 0 aromatic carbocycles. The lowest BCUT2D eigenvalue weighted by atomic mass is 9.82. The van der Waals surface area contributed by atoms with E-state index in [-0.39, 0.29) is 30.7 Å². The molecule has 1 aliphatic carbocycles. The van der Waals surface area contributed by atoms with Gasteiger partial charge in [0.25, 0.3) is 0 Å². The average molecular weight is 400 g/mol. The van der Waals surface area contributed by atoms with Crippen LogP contribution >= 0.6 is 0 Å². The molecule has 0 bridgehead atoms. The van der Waals surface area contributed by atoms with Gasteiger partial charge in [0.05, 0.1) is 23.6 Å². The number of aromatic nitrogens is 3. The van der Waals surface area contributed by atoms with Crippen LogP contribution in [0.25, 0.3) is 0 Å². The van der Waals surface area contributed by atoms with Gasteiger partial charge in [0.15, 0.2) is 0 Å². The number of hydrogen-bond acceptors (Lipinski definition) is 7. The molecule has 1 saturated carbocycles. The van der Waals surface area contributed by atoms with Gasteiger partial charge in [-0.3, -0.25) is 9.89 Å². The third-order valence-electron chi connectivity index (χ3n) is 5.22. The summed E-state index contributed by atoms with van der Waals surface area (Å²) in [6, 6.07) is 6.06. The number of aliphatic hydroxyl groups excluding tert-OH is 1. The molecule has 0 aliphatic heterocycles. The quantitative estimate of drug-likeness (QED) is 0.499. The predicted molar refractivity (Wildman–Crippen MR) is 106 cm³/mol. The van der Waals surface area contributed by atoms with Crippen LogP contribution in [0.4, 0.5) is 5.82 Å². The Morgan fingerprint density at radius 2 is 2.31 bits per heavy atom. The molecule has 0 saturated heterocycles. The maximum absolute atomic E-state index is 12.2. The van der Waals surface area contributed by atoms with E-state index in [1.54, 1.807) is 6.07 Å². The number of nitriles is 1. The number of rotatable bonds is 8. The largest absolute Gasteiger partial charge is 0.373 e. The number of anilines is 1. The average Bonchev–Trinajstić information content (AvgIpc) is 3.35. The second-order valence-electron chi connectivity index (χ2n) is 8.24. The molecule has 1 unspecified atom stereocenters. The summed E-state index contributed by atoms with van der Waals surface area (Å²) in [5.41, 5.74) is 1.02. The normalized spacial score (nSPS) is 22.4. The Bertz CT molecular complexity index is 883. The number of aryl methyl sites for hydroxylation is 1. The fourth-order valence-electron chi connectivity index (χ4n) is 3.92. The Balaban J connectivity index is 1.57. The molecule has 0 radical (unpaired) electrons. The van der Waals surface area contributed by atoms with Crippen LogP contribution < -0.4 is 10.6 Å². The molecule has 3 atom stereocenters. The highest BCUT2D eigenvalue weighted by Gasteiger charge is 2.42. The van der Waals surface area contributed by atoms with Gasteiger partial charge in [0.1, 0.15) is 17.8 Å². The van der Waals surface area contributed by atoms with Crippen LogP contribution in [0, 0.1) is 23.7 Å². The van der Waals surface area contributed by atoms with Crippen molar-refractivity contribution >= 4 is 11.7 Å². The summed E-state index contributed by atoms with van der Waals surface area (Å²) in [5, 5.41) is 36.7. The maximum Gasteiger partial charge on any atom is 0.221 e. The molecule has 9 nitrogen and oxygen atoms in total. The van der Waals surface area contributed by atoms with Crippen LogP contribution in [0.5, 0.6) is 0 Å². The summed E-state index contributed by atoms with van der Waals surface area (Å²) in [5.74, 6) is 1.15. The van der Waals surface area contributed by atoms with Gasteiger partial charge in [-0.05, 0) is 40.0 Å². The molecule has 3 rings (SSSR count). The Labute approximate surface area is 169 Å². The summed E-state index contributed by atoms with van der Waals surface area (Å²) in [6.07, 6.45) is 1.72. The smallest absolute Gasteiger partial charge is 0.221 e. The van der Waals surface area contributed by atoms with Gasteiger partial charge in [0.2, 0.25) is 5.91 Å². The fourth-order valence-corrected chi connectivity index (χ4v) is 3.92. The molecular formula is C20H28N6O3. The number of hydrogen-bond donors (Lipinski definition) is 4. The van der Waals surface area contributed by atoms with Crippen molar-refractivity contribution in [3.05, 3.63) is 29.3 Å². The van der Waals surface area contributed by atoms with Gasteiger partial charge in [-0.25, -0.2) is 0 Å². The molecule has 2 aromatic heterocycles. The molecule has 0 spiro atoms. The third kappa shape index (κ3) is 5.35. The van der Waals surface area contributed by atoms with Crippen LogP contribution in [0.1, 0.15) is 62.6 Å². The van der Waals surface area contributed by atoms with Gasteiger partial charge in [-0.2, -0.15) is 10.4 Å². The van der Waals surface area contributed by atoms with Crippen molar-refractivity contribution in [1.82, 2.24) is 20.7 Å². The monoisotopic (exact) mass is 400 g/mol. The van der Waals surface area contributed by atoms with E-state index >= 15 is 0 Å². The van der Waals surface area contributed by atoms with Gasteiger partial charge < -0.3 is 20.3 Å². The van der Waals surface area contributed by atoms with Crippen LogP contribution in [-0.4, -0.2) is 38.6 Å². The van der Waals surface area contributed by atoms with E-state index in [1.165, 1.54) is 0 Å². The first-order valence-corrected chi connectivity index (χ1v) is 9.91. The molecule has 2 aromatic rings. The lowest BCUT2D eigenvalue weighted by molar-refractivity contribution is -0.123. The minimum Gasteiger partial charge on any atom is -0.373 e. The van der Waals surface area contributed by atoms with Crippen molar-refractivity contribution < 1.29 is 14.4 Å². The van der Waals surface area contributed by atoms with E-state index in [1.807, 2.05) is 26.8 Å². The maximum atomic E-state index is 12.2. The molecule has 4 N–H and O–H groups in total. The molecule has 9 heteroatoms.